The molecule has 1 N–H and O–H groups in total. The molecule has 0 aliphatic rings. The van der Waals surface area contributed by atoms with Crippen LogP contribution in [-0.2, 0) is 11.0 Å². The number of aliphatic carboxylic acids is 1. The van der Waals surface area contributed by atoms with Crippen molar-refractivity contribution in [1.82, 2.24) is 0 Å². The first kappa shape index (κ1) is 27.5. The number of halogens is 3. The molecule has 0 fully saturated rings. The third-order valence-electron chi connectivity index (χ3n) is 5.80. The van der Waals surface area contributed by atoms with Gasteiger partial charge < -0.3 is 0 Å². The van der Waals surface area contributed by atoms with Crippen LogP contribution in [0.1, 0.15) is 58.9 Å². The van der Waals surface area contributed by atoms with Gasteiger partial charge in [0.05, 0.1) is 0 Å². The van der Waals surface area contributed by atoms with E-state index in [1.807, 2.05) is 26.0 Å². The van der Waals surface area contributed by atoms with E-state index in [1.54, 1.807) is 30.3 Å². The Bertz CT molecular complexity index is 1230. The van der Waals surface area contributed by atoms with Gasteiger partial charge in [0.25, 0.3) is 0 Å². The molecular formula is C28H27AsF3O4. The number of carbonyl (C=O) groups excluding carboxylic acids is 1. The molecule has 0 spiro atoms. The minimum absolute atomic E-state index is 0.0575. The molecule has 1 atom stereocenters. The van der Waals surface area contributed by atoms with Crippen molar-refractivity contribution in [3.8, 4) is 16.9 Å². The second-order valence-electron chi connectivity index (χ2n) is 8.95. The van der Waals surface area contributed by atoms with E-state index in [2.05, 4.69) is 0 Å². The zero-order valence-electron chi connectivity index (χ0n) is 20.4. The third-order valence-corrected chi connectivity index (χ3v) is 8.88. The molecule has 0 bridgehead atoms. The molecule has 0 heterocycles. The molecule has 3 aromatic rings. The molecule has 0 saturated carbocycles. The monoisotopic (exact) mass is 559 g/mol. The number of carboxylic acid groups (broad SMARTS) is 1. The van der Waals surface area contributed by atoms with Crippen LogP contribution in [0.4, 0.5) is 13.2 Å². The Kier molecular flexibility index (Phi) is 8.35. The number of aryl methyl sites for hydroxylation is 1. The Morgan fingerprint density at radius 1 is 0.944 bits per heavy atom. The van der Waals surface area contributed by atoms with E-state index in [0.29, 0.717) is 16.9 Å². The number of ether oxygens (including phenoxy) is 1. The second kappa shape index (κ2) is 10.9. The van der Waals surface area contributed by atoms with Gasteiger partial charge in [0.1, 0.15) is 0 Å². The summed E-state index contributed by atoms with van der Waals surface area (Å²) >= 11 is -0.728. The van der Waals surface area contributed by atoms with E-state index in [-0.39, 0.29) is 9.28 Å². The van der Waals surface area contributed by atoms with Crippen LogP contribution >= 0.6 is 0 Å². The van der Waals surface area contributed by atoms with E-state index in [1.165, 1.54) is 26.0 Å². The van der Waals surface area contributed by atoms with Gasteiger partial charge in [-0.3, -0.25) is 0 Å². The van der Waals surface area contributed by atoms with Crippen LogP contribution in [0.5, 0.6) is 5.75 Å². The molecule has 8 heteroatoms. The van der Waals surface area contributed by atoms with Crippen LogP contribution < -0.4 is 4.74 Å². The van der Waals surface area contributed by atoms with Gasteiger partial charge in [-0.1, -0.05) is 0 Å². The van der Waals surface area contributed by atoms with E-state index in [4.69, 9.17) is 4.74 Å². The molecule has 0 amide bonds. The number of carboxylic acids is 1. The summed E-state index contributed by atoms with van der Waals surface area (Å²) in [6.07, 6.45) is -3.61. The van der Waals surface area contributed by atoms with Crippen LogP contribution in [0.25, 0.3) is 11.1 Å². The molecule has 0 aliphatic heterocycles. The summed E-state index contributed by atoms with van der Waals surface area (Å²) in [5.41, 5.74) is 1.70. The first-order valence-electron chi connectivity index (χ1n) is 11.4. The average Bonchev–Trinajstić information content (AvgIpc) is 2.83. The maximum atomic E-state index is 13.0. The molecule has 0 aromatic heterocycles. The standard InChI is InChI=1S/C28H27AsF3O4/c1-5-23(21-12-15-24(17(2)16-21)36-27(3,4)26(34)35)29-25(33)20-8-6-18(7-9-20)19-10-13-22(14-11-19)28(30,31)32/h6-16,23H,5H2,1-4H3,(H,34,35). The van der Waals surface area contributed by atoms with Crippen LogP contribution in [-0.4, -0.2) is 37.0 Å². The number of rotatable bonds is 9. The van der Waals surface area contributed by atoms with Crippen LogP contribution in [0.2, 0.25) is 0 Å². The summed E-state index contributed by atoms with van der Waals surface area (Å²) in [4.78, 5) is 24.4. The molecule has 4 nitrogen and oxygen atoms in total. The molecule has 36 heavy (non-hydrogen) atoms. The molecule has 1 radical (unpaired) electrons. The van der Waals surface area contributed by atoms with Crippen molar-refractivity contribution in [2.24, 2.45) is 0 Å². The molecule has 3 aromatic carbocycles. The van der Waals surface area contributed by atoms with Gasteiger partial charge in [0.2, 0.25) is 0 Å². The van der Waals surface area contributed by atoms with Gasteiger partial charge in [-0.2, -0.15) is 0 Å². The van der Waals surface area contributed by atoms with Gasteiger partial charge in [-0.25, -0.2) is 0 Å². The summed E-state index contributed by atoms with van der Waals surface area (Å²) in [5, 5.41) is 9.30. The summed E-state index contributed by atoms with van der Waals surface area (Å²) < 4.78 is 44.2. The zero-order valence-corrected chi connectivity index (χ0v) is 22.3. The Hall–Kier alpha value is -3.05. The van der Waals surface area contributed by atoms with Gasteiger partial charge in [0.15, 0.2) is 0 Å². The fourth-order valence-electron chi connectivity index (χ4n) is 3.59. The third kappa shape index (κ3) is 6.58. The molecule has 0 saturated heterocycles. The maximum absolute atomic E-state index is 13.0. The fourth-order valence-corrected chi connectivity index (χ4v) is 5.84. The number of hydrogen-bond donors (Lipinski definition) is 1. The van der Waals surface area contributed by atoms with Crippen molar-refractivity contribution in [3.05, 3.63) is 89.0 Å². The first-order valence-corrected chi connectivity index (χ1v) is 13.4. The van der Waals surface area contributed by atoms with Crippen molar-refractivity contribution in [3.63, 3.8) is 0 Å². The molecule has 0 aliphatic carbocycles. The normalized spacial score (nSPS) is 13.1. The van der Waals surface area contributed by atoms with Crippen LogP contribution in [0.3, 0.4) is 0 Å². The minimum atomic E-state index is -4.38. The van der Waals surface area contributed by atoms with Gasteiger partial charge in [-0.15, -0.1) is 0 Å². The summed E-state index contributed by atoms with van der Waals surface area (Å²) in [6, 6.07) is 17.4. The fraction of sp³-hybridized carbons (Fsp3) is 0.286. The van der Waals surface area contributed by atoms with Crippen molar-refractivity contribution in [2.75, 3.05) is 0 Å². The Balaban J connectivity index is 1.71. The predicted octanol–water partition coefficient (Wildman–Crippen LogP) is 6.92. The number of benzene rings is 3. The van der Waals surface area contributed by atoms with E-state index >= 15 is 0 Å². The zero-order chi connectivity index (χ0) is 26.7. The number of carbonyl (C=O) groups is 2. The molecule has 189 valence electrons. The molecule has 3 rings (SSSR count). The Morgan fingerprint density at radius 3 is 1.97 bits per heavy atom. The van der Waals surface area contributed by atoms with Crippen molar-refractivity contribution >= 4 is 26.3 Å². The summed E-state index contributed by atoms with van der Waals surface area (Å²) in [5.74, 6) is -0.570. The summed E-state index contributed by atoms with van der Waals surface area (Å²) in [6.45, 7) is 6.85. The summed E-state index contributed by atoms with van der Waals surface area (Å²) in [7, 11) is 0. The number of hydrogen-bond acceptors (Lipinski definition) is 3. The van der Waals surface area contributed by atoms with Crippen LogP contribution in [0, 0.1) is 6.92 Å². The van der Waals surface area contributed by atoms with E-state index in [9.17, 15) is 27.9 Å². The Labute approximate surface area is 215 Å². The second-order valence-corrected chi connectivity index (χ2v) is 11.7. The molecular weight excluding hydrogens is 532 g/mol. The van der Waals surface area contributed by atoms with E-state index < -0.39 is 39.1 Å². The first-order chi connectivity index (χ1) is 16.8. The average molecular weight is 559 g/mol. The SMILES string of the molecule is CCC([As]C(=O)c1ccc(-c2ccc(C(F)(F)F)cc2)cc1)c1ccc(OC(C)(C)C(=O)O)c(C)c1. The van der Waals surface area contributed by atoms with Crippen molar-refractivity contribution in [1.29, 1.82) is 0 Å². The van der Waals surface area contributed by atoms with Crippen molar-refractivity contribution in [2.45, 2.75) is 50.6 Å². The van der Waals surface area contributed by atoms with Crippen LogP contribution in [0.15, 0.2) is 66.7 Å². The topological polar surface area (TPSA) is 63.6 Å². The van der Waals surface area contributed by atoms with Gasteiger partial charge >= 0.3 is 215 Å². The Morgan fingerprint density at radius 2 is 1.50 bits per heavy atom. The van der Waals surface area contributed by atoms with E-state index in [0.717, 1.165) is 35.2 Å². The molecule has 1 unspecified atom stereocenters. The predicted molar refractivity (Wildman–Crippen MR) is 134 cm³/mol. The quantitative estimate of drug-likeness (QED) is 0.289. The van der Waals surface area contributed by atoms with Gasteiger partial charge in [-0.05, 0) is 0 Å². The van der Waals surface area contributed by atoms with Gasteiger partial charge in [0, 0.05) is 0 Å². The van der Waals surface area contributed by atoms with Crippen molar-refractivity contribution < 1.29 is 32.6 Å². The number of alkyl halides is 3.